The average Bonchev–Trinajstić information content (AvgIpc) is 2.96. The number of anilines is 3. The lowest BCUT2D eigenvalue weighted by Gasteiger charge is -2.36. The molecular weight excluding hydrogens is 649 g/mol. The minimum Gasteiger partial charge on any atom is -0.461 e. The summed E-state index contributed by atoms with van der Waals surface area (Å²) in [6.07, 6.45) is -7.87. The molecule has 0 amide bonds. The zero-order valence-electron chi connectivity index (χ0n) is 23.4. The minimum atomic E-state index is -4.76. The van der Waals surface area contributed by atoms with Crippen LogP contribution in [0.4, 0.5) is 43.4 Å². The van der Waals surface area contributed by atoms with Crippen LogP contribution >= 0.6 is 24.8 Å². The number of benzene rings is 3. The molecule has 15 heteroatoms. The standard InChI is InChI=1S/C30H26F6N4O3.2ClH/c31-29(32,33)20-8-9-23-26(10-11-37-27(23)18-20)38-25-7-2-1-6-24(25)28(41)42-17-16-39-12-14-40(15-13-39)21-4-3-5-22(19-21)43-30(34,35)36;;/h1-11,18-19H,12-17H2,(H,37,38);2*1H. The summed E-state index contributed by atoms with van der Waals surface area (Å²) in [6, 6.07) is 17.4. The van der Waals surface area contributed by atoms with Gasteiger partial charge in [0.2, 0.25) is 0 Å². The summed E-state index contributed by atoms with van der Waals surface area (Å²) in [5.41, 5.74) is 1.13. The number of esters is 1. The molecule has 1 saturated heterocycles. The van der Waals surface area contributed by atoms with Gasteiger partial charge in [-0.05, 0) is 42.5 Å². The Morgan fingerprint density at radius 1 is 0.844 bits per heavy atom. The Bertz CT molecular complexity index is 1600. The predicted octanol–water partition coefficient (Wildman–Crippen LogP) is 7.72. The van der Waals surface area contributed by atoms with Crippen LogP contribution in [0.1, 0.15) is 15.9 Å². The minimum absolute atomic E-state index is 0. The van der Waals surface area contributed by atoms with Crippen molar-refractivity contribution in [2.75, 3.05) is 49.5 Å². The third kappa shape index (κ3) is 9.28. The smallest absolute Gasteiger partial charge is 0.461 e. The summed E-state index contributed by atoms with van der Waals surface area (Å²) in [5.74, 6) is -0.845. The molecule has 0 saturated carbocycles. The van der Waals surface area contributed by atoms with E-state index >= 15 is 0 Å². The number of nitrogens with zero attached hydrogens (tertiary/aromatic N) is 3. The van der Waals surface area contributed by atoms with Crippen molar-refractivity contribution >= 4 is 58.7 Å². The molecular formula is C30H28Cl2F6N4O3. The Labute approximate surface area is 266 Å². The largest absolute Gasteiger partial charge is 0.573 e. The number of carbonyl (C=O) groups excluding carboxylic acids is 1. The highest BCUT2D eigenvalue weighted by Crippen LogP contribution is 2.34. The molecule has 0 atom stereocenters. The lowest BCUT2D eigenvalue weighted by Crippen LogP contribution is -2.47. The lowest BCUT2D eigenvalue weighted by molar-refractivity contribution is -0.274. The van der Waals surface area contributed by atoms with Crippen molar-refractivity contribution in [3.63, 3.8) is 0 Å². The Balaban J connectivity index is 0.00000276. The fraction of sp³-hybridized carbons (Fsp3) is 0.267. The number of piperazine rings is 1. The maximum Gasteiger partial charge on any atom is 0.573 e. The van der Waals surface area contributed by atoms with Crippen molar-refractivity contribution in [1.82, 2.24) is 9.88 Å². The van der Waals surface area contributed by atoms with Crippen LogP contribution in [0.15, 0.2) is 79.0 Å². The van der Waals surface area contributed by atoms with Gasteiger partial charge >= 0.3 is 18.5 Å². The lowest BCUT2D eigenvalue weighted by atomic mass is 10.1. The molecule has 0 bridgehead atoms. The first-order chi connectivity index (χ1) is 20.5. The highest BCUT2D eigenvalue weighted by atomic mass is 35.5. The normalized spacial score (nSPS) is 13.9. The second-order valence-corrected chi connectivity index (χ2v) is 9.77. The van der Waals surface area contributed by atoms with Crippen molar-refractivity contribution in [1.29, 1.82) is 0 Å². The topological polar surface area (TPSA) is 66.9 Å². The van der Waals surface area contributed by atoms with Gasteiger partial charge in [-0.1, -0.05) is 24.3 Å². The first-order valence-electron chi connectivity index (χ1n) is 13.3. The SMILES string of the molecule is Cl.Cl.O=C(OCCN1CCN(c2cccc(OC(F)(F)F)c2)CC1)c1ccccc1Nc1ccnc2cc(C(F)(F)F)ccc12. The fourth-order valence-corrected chi connectivity index (χ4v) is 4.80. The van der Waals surface area contributed by atoms with Crippen LogP contribution in [0, 0.1) is 0 Å². The van der Waals surface area contributed by atoms with Crippen molar-refractivity contribution in [3.05, 3.63) is 90.1 Å². The van der Waals surface area contributed by atoms with E-state index in [1.54, 1.807) is 36.4 Å². The number of carbonyl (C=O) groups is 1. The number of hydrogen-bond donors (Lipinski definition) is 1. The van der Waals surface area contributed by atoms with Gasteiger partial charge in [-0.3, -0.25) is 9.88 Å². The van der Waals surface area contributed by atoms with E-state index in [4.69, 9.17) is 4.74 Å². The number of hydrogen-bond acceptors (Lipinski definition) is 7. The number of ether oxygens (including phenoxy) is 2. The molecule has 0 radical (unpaired) electrons. The number of aromatic nitrogens is 1. The summed E-state index contributed by atoms with van der Waals surface area (Å²) in [4.78, 5) is 21.1. The molecule has 3 aromatic carbocycles. The fourth-order valence-electron chi connectivity index (χ4n) is 4.80. The molecule has 242 valence electrons. The van der Waals surface area contributed by atoms with Crippen molar-refractivity contribution in [3.8, 4) is 5.75 Å². The predicted molar refractivity (Wildman–Crippen MR) is 163 cm³/mol. The van der Waals surface area contributed by atoms with Gasteiger partial charge in [-0.15, -0.1) is 38.0 Å². The first kappa shape index (κ1) is 35.5. The van der Waals surface area contributed by atoms with Crippen LogP contribution in [-0.2, 0) is 10.9 Å². The number of para-hydroxylation sites is 1. The Morgan fingerprint density at radius 3 is 2.29 bits per heavy atom. The van der Waals surface area contributed by atoms with Crippen molar-refractivity contribution in [2.45, 2.75) is 12.5 Å². The van der Waals surface area contributed by atoms with Gasteiger partial charge in [-0.25, -0.2) is 4.79 Å². The van der Waals surface area contributed by atoms with E-state index in [0.717, 1.165) is 12.1 Å². The van der Waals surface area contributed by atoms with E-state index in [0.29, 0.717) is 55.2 Å². The number of alkyl halides is 6. The molecule has 1 aromatic heterocycles. The maximum atomic E-state index is 13.1. The van der Waals surface area contributed by atoms with Gasteiger partial charge in [0.05, 0.1) is 22.3 Å². The first-order valence-corrected chi connectivity index (χ1v) is 13.3. The van der Waals surface area contributed by atoms with Gasteiger partial charge in [0.1, 0.15) is 12.4 Å². The summed E-state index contributed by atoms with van der Waals surface area (Å²) >= 11 is 0. The van der Waals surface area contributed by atoms with Gasteiger partial charge in [0.15, 0.2) is 0 Å². The van der Waals surface area contributed by atoms with Crippen LogP contribution < -0.4 is 15.0 Å². The molecule has 0 aliphatic carbocycles. The van der Waals surface area contributed by atoms with Crippen LogP contribution in [0.5, 0.6) is 5.75 Å². The molecule has 5 rings (SSSR count). The molecule has 45 heavy (non-hydrogen) atoms. The van der Waals surface area contributed by atoms with Crippen molar-refractivity contribution in [2.24, 2.45) is 0 Å². The highest BCUT2D eigenvalue weighted by Gasteiger charge is 2.32. The maximum absolute atomic E-state index is 13.1. The highest BCUT2D eigenvalue weighted by molar-refractivity contribution is 5.99. The van der Waals surface area contributed by atoms with Gasteiger partial charge in [0, 0.05) is 61.7 Å². The molecule has 1 aliphatic rings. The summed E-state index contributed by atoms with van der Waals surface area (Å²) in [7, 11) is 0. The average molecular weight is 677 g/mol. The summed E-state index contributed by atoms with van der Waals surface area (Å²) in [5, 5.41) is 3.58. The number of rotatable bonds is 8. The molecule has 1 aliphatic heterocycles. The monoisotopic (exact) mass is 676 g/mol. The third-order valence-corrected chi connectivity index (χ3v) is 6.92. The van der Waals surface area contributed by atoms with Gasteiger partial charge in [-0.2, -0.15) is 13.2 Å². The van der Waals surface area contributed by atoms with E-state index in [9.17, 15) is 31.1 Å². The van der Waals surface area contributed by atoms with E-state index < -0.39 is 24.1 Å². The van der Waals surface area contributed by atoms with E-state index in [1.807, 2.05) is 4.90 Å². The molecule has 2 heterocycles. The van der Waals surface area contributed by atoms with Gasteiger partial charge < -0.3 is 19.7 Å². The number of nitrogens with one attached hydrogen (secondary N) is 1. The van der Waals surface area contributed by atoms with Gasteiger partial charge in [0.25, 0.3) is 0 Å². The summed E-state index contributed by atoms with van der Waals surface area (Å²) in [6.45, 7) is 2.95. The third-order valence-electron chi connectivity index (χ3n) is 6.92. The van der Waals surface area contributed by atoms with Crippen LogP contribution in [0.2, 0.25) is 0 Å². The quantitative estimate of drug-likeness (QED) is 0.151. The van der Waals surface area contributed by atoms with Crippen LogP contribution in [0.25, 0.3) is 10.9 Å². The number of fused-ring (bicyclic) bond motifs is 1. The molecule has 0 spiro atoms. The molecule has 1 fully saturated rings. The zero-order chi connectivity index (χ0) is 30.6. The van der Waals surface area contributed by atoms with Crippen molar-refractivity contribution < 1.29 is 40.6 Å². The molecule has 4 aromatic rings. The van der Waals surface area contributed by atoms with E-state index in [2.05, 4.69) is 19.9 Å². The molecule has 1 N–H and O–H groups in total. The van der Waals surface area contributed by atoms with Crippen LogP contribution in [-0.4, -0.2) is 61.5 Å². The Hall–Kier alpha value is -3.94. The number of halogens is 8. The summed E-state index contributed by atoms with van der Waals surface area (Å²) < 4.78 is 86.6. The Kier molecular flexibility index (Phi) is 11.8. The van der Waals surface area contributed by atoms with Crippen LogP contribution in [0.3, 0.4) is 0 Å². The zero-order valence-corrected chi connectivity index (χ0v) is 25.0. The Morgan fingerprint density at radius 2 is 1.58 bits per heavy atom. The number of pyridine rings is 1. The molecule has 7 nitrogen and oxygen atoms in total. The second-order valence-electron chi connectivity index (χ2n) is 9.77. The van der Waals surface area contributed by atoms with E-state index in [1.165, 1.54) is 30.5 Å². The molecule has 0 unspecified atom stereocenters. The second kappa shape index (κ2) is 14.9. The van der Waals surface area contributed by atoms with E-state index in [-0.39, 0.29) is 48.3 Å².